The number of halogens is 1. The molecule has 0 aliphatic rings. The number of ether oxygens (including phenoxy) is 2. The molecule has 0 saturated heterocycles. The minimum Gasteiger partial charge on any atom is -0.496 e. The third kappa shape index (κ3) is 3.69. The van der Waals surface area contributed by atoms with E-state index in [-0.39, 0.29) is 12.4 Å². The third-order valence-corrected chi connectivity index (χ3v) is 3.88. The van der Waals surface area contributed by atoms with E-state index in [2.05, 4.69) is 0 Å². The summed E-state index contributed by atoms with van der Waals surface area (Å²) in [6, 6.07) is 19.0. The Bertz CT molecular complexity index is 873. The average molecular weight is 336 g/mol. The fourth-order valence-electron chi connectivity index (χ4n) is 2.63. The average Bonchev–Trinajstić information content (AvgIpc) is 2.67. The topological polar surface area (TPSA) is 35.5 Å². The van der Waals surface area contributed by atoms with Crippen molar-refractivity contribution < 1.29 is 18.7 Å². The Hall–Kier alpha value is -3.14. The number of aldehydes is 1. The van der Waals surface area contributed by atoms with Crippen molar-refractivity contribution in [2.24, 2.45) is 0 Å². The Balaban J connectivity index is 1.87. The molecule has 4 heteroatoms. The summed E-state index contributed by atoms with van der Waals surface area (Å²) in [5, 5.41) is 0. The molecule has 0 saturated carbocycles. The molecule has 0 aliphatic heterocycles. The monoisotopic (exact) mass is 336 g/mol. The number of carbonyl (C=O) groups excluding carboxylic acids is 1. The first kappa shape index (κ1) is 16.7. The summed E-state index contributed by atoms with van der Waals surface area (Å²) in [5.41, 5.74) is 2.56. The van der Waals surface area contributed by atoms with Gasteiger partial charge < -0.3 is 9.47 Å². The second kappa shape index (κ2) is 7.62. The van der Waals surface area contributed by atoms with Crippen molar-refractivity contribution in [1.82, 2.24) is 0 Å². The summed E-state index contributed by atoms with van der Waals surface area (Å²) >= 11 is 0. The van der Waals surface area contributed by atoms with E-state index in [9.17, 15) is 9.18 Å². The van der Waals surface area contributed by atoms with Crippen molar-refractivity contribution in [2.45, 2.75) is 6.61 Å². The summed E-state index contributed by atoms with van der Waals surface area (Å²) in [4.78, 5) is 10.7. The fourth-order valence-corrected chi connectivity index (χ4v) is 2.63. The summed E-state index contributed by atoms with van der Waals surface area (Å²) in [5.74, 6) is 0.921. The lowest BCUT2D eigenvalue weighted by atomic mass is 10.0. The molecule has 0 atom stereocenters. The van der Waals surface area contributed by atoms with Crippen molar-refractivity contribution in [3.8, 4) is 22.6 Å². The van der Waals surface area contributed by atoms with E-state index in [0.29, 0.717) is 28.2 Å². The molecule has 0 aromatic heterocycles. The van der Waals surface area contributed by atoms with Crippen LogP contribution in [-0.4, -0.2) is 13.4 Å². The van der Waals surface area contributed by atoms with Gasteiger partial charge in [0.15, 0.2) is 0 Å². The van der Waals surface area contributed by atoms with Gasteiger partial charge in [-0.25, -0.2) is 4.39 Å². The van der Waals surface area contributed by atoms with Crippen LogP contribution in [0.1, 0.15) is 15.9 Å². The van der Waals surface area contributed by atoms with Gasteiger partial charge in [-0.2, -0.15) is 0 Å². The number of hydrogen-bond donors (Lipinski definition) is 0. The molecule has 3 nitrogen and oxygen atoms in total. The molecule has 0 bridgehead atoms. The van der Waals surface area contributed by atoms with Crippen LogP contribution in [0.25, 0.3) is 11.1 Å². The minimum atomic E-state index is -0.302. The summed E-state index contributed by atoms with van der Waals surface area (Å²) in [6.45, 7) is 0.270. The normalized spacial score (nSPS) is 10.3. The highest BCUT2D eigenvalue weighted by atomic mass is 19.1. The predicted octanol–water partition coefficient (Wildman–Crippen LogP) is 4.89. The molecular weight excluding hydrogens is 319 g/mol. The maximum absolute atomic E-state index is 14.1. The number of para-hydroxylation sites is 1. The molecule has 3 aromatic rings. The molecule has 0 aliphatic carbocycles. The van der Waals surface area contributed by atoms with Crippen LogP contribution >= 0.6 is 0 Å². The van der Waals surface area contributed by atoms with Crippen molar-refractivity contribution in [3.63, 3.8) is 0 Å². The Kier molecular flexibility index (Phi) is 5.09. The van der Waals surface area contributed by atoms with Crippen LogP contribution in [-0.2, 0) is 6.61 Å². The minimum absolute atomic E-state index is 0.270. The highest BCUT2D eigenvalue weighted by Gasteiger charge is 2.14. The summed E-state index contributed by atoms with van der Waals surface area (Å²) < 4.78 is 25.4. The zero-order valence-electron chi connectivity index (χ0n) is 13.7. The standard InChI is InChI=1S/C21H17FO3/c1-24-21-16(14-25-17-11-9-15(13-23)10-12-17)5-4-7-19(21)18-6-2-3-8-20(18)22/h2-13H,14H2,1H3. The van der Waals surface area contributed by atoms with Gasteiger partial charge in [-0.15, -0.1) is 0 Å². The van der Waals surface area contributed by atoms with Crippen molar-refractivity contribution >= 4 is 6.29 Å². The first-order valence-corrected chi connectivity index (χ1v) is 7.81. The van der Waals surface area contributed by atoms with E-state index >= 15 is 0 Å². The van der Waals surface area contributed by atoms with Gasteiger partial charge in [0.2, 0.25) is 0 Å². The Labute approximate surface area is 145 Å². The Morgan fingerprint density at radius 3 is 2.32 bits per heavy atom. The second-order valence-corrected chi connectivity index (χ2v) is 5.45. The van der Waals surface area contributed by atoms with E-state index < -0.39 is 0 Å². The molecule has 0 heterocycles. The van der Waals surface area contributed by atoms with Gasteiger partial charge in [0, 0.05) is 22.3 Å². The first-order valence-electron chi connectivity index (χ1n) is 7.81. The van der Waals surface area contributed by atoms with E-state index in [4.69, 9.17) is 9.47 Å². The molecule has 0 fully saturated rings. The predicted molar refractivity (Wildman–Crippen MR) is 94.5 cm³/mol. The molecule has 0 radical (unpaired) electrons. The second-order valence-electron chi connectivity index (χ2n) is 5.45. The lowest BCUT2D eigenvalue weighted by Gasteiger charge is -2.15. The molecule has 25 heavy (non-hydrogen) atoms. The smallest absolute Gasteiger partial charge is 0.150 e. The van der Waals surface area contributed by atoms with Crippen LogP contribution in [0.3, 0.4) is 0 Å². The zero-order chi connectivity index (χ0) is 17.6. The van der Waals surface area contributed by atoms with Crippen molar-refractivity contribution in [2.75, 3.05) is 7.11 Å². The highest BCUT2D eigenvalue weighted by Crippen LogP contribution is 2.35. The van der Waals surface area contributed by atoms with Gasteiger partial charge in [0.05, 0.1) is 7.11 Å². The number of methoxy groups -OCH3 is 1. The molecule has 0 N–H and O–H groups in total. The maximum Gasteiger partial charge on any atom is 0.150 e. The molecule has 3 aromatic carbocycles. The molecule has 0 spiro atoms. The van der Waals surface area contributed by atoms with E-state index in [1.165, 1.54) is 6.07 Å². The quantitative estimate of drug-likeness (QED) is 0.601. The largest absolute Gasteiger partial charge is 0.496 e. The van der Waals surface area contributed by atoms with Crippen molar-refractivity contribution in [3.05, 3.63) is 83.7 Å². The van der Waals surface area contributed by atoms with Crippen molar-refractivity contribution in [1.29, 1.82) is 0 Å². The lowest BCUT2D eigenvalue weighted by molar-refractivity contribution is 0.112. The van der Waals surface area contributed by atoms with Crippen LogP contribution in [0.15, 0.2) is 66.7 Å². The lowest BCUT2D eigenvalue weighted by Crippen LogP contribution is -2.01. The van der Waals surface area contributed by atoms with Gasteiger partial charge in [0.25, 0.3) is 0 Å². The van der Waals surface area contributed by atoms with Gasteiger partial charge in [0.1, 0.15) is 30.2 Å². The molecule has 0 amide bonds. The van der Waals surface area contributed by atoms with Gasteiger partial charge in [-0.3, -0.25) is 4.79 Å². The van der Waals surface area contributed by atoms with Crippen LogP contribution < -0.4 is 9.47 Å². The highest BCUT2D eigenvalue weighted by molar-refractivity contribution is 5.75. The first-order chi connectivity index (χ1) is 12.2. The van der Waals surface area contributed by atoms with E-state index in [0.717, 1.165) is 11.8 Å². The van der Waals surface area contributed by atoms with Gasteiger partial charge in [-0.1, -0.05) is 36.4 Å². The van der Waals surface area contributed by atoms with Crippen LogP contribution in [0.4, 0.5) is 4.39 Å². The number of rotatable bonds is 6. The molecule has 126 valence electrons. The SMILES string of the molecule is COc1c(COc2ccc(C=O)cc2)cccc1-c1ccccc1F. The molecular formula is C21H17FO3. The zero-order valence-corrected chi connectivity index (χ0v) is 13.7. The van der Waals surface area contributed by atoms with Crippen LogP contribution in [0.2, 0.25) is 0 Å². The van der Waals surface area contributed by atoms with Gasteiger partial charge >= 0.3 is 0 Å². The summed E-state index contributed by atoms with van der Waals surface area (Å²) in [6.07, 6.45) is 0.782. The number of carbonyl (C=O) groups is 1. The Morgan fingerprint density at radius 2 is 1.64 bits per heavy atom. The Morgan fingerprint density at radius 1 is 0.920 bits per heavy atom. The van der Waals surface area contributed by atoms with Crippen LogP contribution in [0, 0.1) is 5.82 Å². The molecule has 0 unspecified atom stereocenters. The van der Waals surface area contributed by atoms with Crippen LogP contribution in [0.5, 0.6) is 11.5 Å². The summed E-state index contributed by atoms with van der Waals surface area (Å²) in [7, 11) is 1.56. The third-order valence-electron chi connectivity index (χ3n) is 3.88. The van der Waals surface area contributed by atoms with Gasteiger partial charge in [-0.05, 0) is 30.3 Å². The maximum atomic E-state index is 14.1. The number of benzene rings is 3. The van der Waals surface area contributed by atoms with E-state index in [1.807, 2.05) is 18.2 Å². The fraction of sp³-hybridized carbons (Fsp3) is 0.0952. The molecule has 3 rings (SSSR count). The van der Waals surface area contributed by atoms with E-state index in [1.54, 1.807) is 49.6 Å². The number of hydrogen-bond acceptors (Lipinski definition) is 3.